The fourth-order valence-corrected chi connectivity index (χ4v) is 2.63. The van der Waals surface area contributed by atoms with Crippen LogP contribution < -0.4 is 4.90 Å². The highest BCUT2D eigenvalue weighted by Crippen LogP contribution is 2.37. The molecule has 0 amide bonds. The molecule has 1 aliphatic heterocycles. The van der Waals surface area contributed by atoms with Crippen LogP contribution in [0.15, 0.2) is 31.4 Å². The van der Waals surface area contributed by atoms with Crippen LogP contribution in [0.25, 0.3) is 5.57 Å². The smallest absolute Gasteiger partial charge is 0.0480 e. The van der Waals surface area contributed by atoms with E-state index in [0.717, 1.165) is 5.57 Å². The lowest BCUT2D eigenvalue weighted by molar-refractivity contribution is 0.597. The van der Waals surface area contributed by atoms with E-state index in [2.05, 4.69) is 51.1 Å². The van der Waals surface area contributed by atoms with Crippen molar-refractivity contribution >= 4 is 11.3 Å². The number of fused-ring (bicyclic) bond motifs is 1. The number of allylic oxidation sites excluding steroid dienone is 2. The van der Waals surface area contributed by atoms with Crippen LogP contribution in [0.3, 0.4) is 0 Å². The van der Waals surface area contributed by atoms with Gasteiger partial charge in [-0.2, -0.15) is 0 Å². The van der Waals surface area contributed by atoms with Gasteiger partial charge in [-0.05, 0) is 43.4 Å². The van der Waals surface area contributed by atoms with Crippen molar-refractivity contribution in [3.05, 3.63) is 48.1 Å². The molecule has 2 rings (SSSR count). The molecule has 1 atom stereocenters. The predicted molar refractivity (Wildman–Crippen MR) is 76.6 cm³/mol. The first-order valence-corrected chi connectivity index (χ1v) is 6.23. The Hall–Kier alpha value is -1.50. The average Bonchev–Trinajstić information content (AvgIpc) is 2.33. The van der Waals surface area contributed by atoms with E-state index < -0.39 is 0 Å². The summed E-state index contributed by atoms with van der Waals surface area (Å²) in [5.41, 5.74) is 6.38. The standard InChI is InChI=1S/C16H21N/c1-6-11(2)15-12(3)7-9-14-10-8-13(4)17(5)16(14)15/h6-7,9,13H,1-2,8,10H2,3-5H3. The van der Waals surface area contributed by atoms with Crippen molar-refractivity contribution in [1.82, 2.24) is 0 Å². The van der Waals surface area contributed by atoms with Gasteiger partial charge in [0, 0.05) is 24.3 Å². The van der Waals surface area contributed by atoms with Gasteiger partial charge >= 0.3 is 0 Å². The lowest BCUT2D eigenvalue weighted by Gasteiger charge is -2.36. The minimum atomic E-state index is 0.598. The van der Waals surface area contributed by atoms with E-state index >= 15 is 0 Å². The van der Waals surface area contributed by atoms with Crippen molar-refractivity contribution in [3.63, 3.8) is 0 Å². The summed E-state index contributed by atoms with van der Waals surface area (Å²) in [5, 5.41) is 0. The number of nitrogens with zero attached hydrogens (tertiary/aromatic N) is 1. The Labute approximate surface area is 104 Å². The second kappa shape index (κ2) is 4.40. The van der Waals surface area contributed by atoms with Gasteiger partial charge < -0.3 is 4.90 Å². The van der Waals surface area contributed by atoms with Gasteiger partial charge in [-0.1, -0.05) is 31.4 Å². The summed E-state index contributed by atoms with van der Waals surface area (Å²) in [4.78, 5) is 2.38. The molecular formula is C16H21N. The highest BCUT2D eigenvalue weighted by atomic mass is 15.1. The van der Waals surface area contributed by atoms with Gasteiger partial charge in [0.05, 0.1) is 0 Å². The van der Waals surface area contributed by atoms with Gasteiger partial charge in [-0.3, -0.25) is 0 Å². The quantitative estimate of drug-likeness (QED) is 0.691. The second-order valence-corrected chi connectivity index (χ2v) is 4.99. The van der Waals surface area contributed by atoms with Gasteiger partial charge in [-0.25, -0.2) is 0 Å². The molecule has 1 heterocycles. The highest BCUT2D eigenvalue weighted by molar-refractivity contribution is 5.85. The molecule has 0 saturated heterocycles. The van der Waals surface area contributed by atoms with Crippen LogP contribution in [0.1, 0.15) is 30.0 Å². The lowest BCUT2D eigenvalue weighted by atomic mass is 9.89. The molecule has 1 aromatic carbocycles. The Kier molecular flexibility index (Phi) is 3.10. The van der Waals surface area contributed by atoms with Crippen LogP contribution in [-0.2, 0) is 6.42 Å². The maximum atomic E-state index is 4.13. The third kappa shape index (κ3) is 1.90. The number of anilines is 1. The maximum Gasteiger partial charge on any atom is 0.0480 e. The minimum Gasteiger partial charge on any atom is -0.371 e. The van der Waals surface area contributed by atoms with E-state index in [-0.39, 0.29) is 0 Å². The number of benzene rings is 1. The Morgan fingerprint density at radius 1 is 1.47 bits per heavy atom. The molecule has 0 aromatic heterocycles. The van der Waals surface area contributed by atoms with Gasteiger partial charge in [0.15, 0.2) is 0 Å². The topological polar surface area (TPSA) is 3.24 Å². The zero-order valence-corrected chi connectivity index (χ0v) is 11.1. The molecule has 0 aliphatic carbocycles. The van der Waals surface area contributed by atoms with Crippen molar-refractivity contribution in [3.8, 4) is 0 Å². The summed E-state index contributed by atoms with van der Waals surface area (Å²) >= 11 is 0. The first-order valence-electron chi connectivity index (χ1n) is 6.23. The van der Waals surface area contributed by atoms with Crippen LogP contribution in [0.2, 0.25) is 0 Å². The summed E-state index contributed by atoms with van der Waals surface area (Å²) in [5.74, 6) is 0. The molecule has 0 bridgehead atoms. The summed E-state index contributed by atoms with van der Waals surface area (Å²) in [7, 11) is 2.18. The van der Waals surface area contributed by atoms with Crippen molar-refractivity contribution in [1.29, 1.82) is 0 Å². The van der Waals surface area contributed by atoms with E-state index in [1.165, 1.54) is 35.2 Å². The van der Waals surface area contributed by atoms with Crippen molar-refractivity contribution in [2.75, 3.05) is 11.9 Å². The maximum absolute atomic E-state index is 4.13. The normalized spacial score (nSPS) is 18.8. The van der Waals surface area contributed by atoms with Gasteiger partial charge in [0.2, 0.25) is 0 Å². The van der Waals surface area contributed by atoms with E-state index in [0.29, 0.717) is 6.04 Å². The Morgan fingerprint density at radius 3 is 2.82 bits per heavy atom. The molecule has 1 heteroatoms. The summed E-state index contributed by atoms with van der Waals surface area (Å²) in [6.07, 6.45) is 4.25. The largest absolute Gasteiger partial charge is 0.371 e. The van der Waals surface area contributed by atoms with Crippen LogP contribution in [-0.4, -0.2) is 13.1 Å². The third-order valence-electron chi connectivity index (χ3n) is 3.88. The number of hydrogen-bond donors (Lipinski definition) is 0. The Bertz CT molecular complexity index is 471. The van der Waals surface area contributed by atoms with Crippen LogP contribution >= 0.6 is 0 Å². The molecule has 1 aromatic rings. The van der Waals surface area contributed by atoms with Crippen molar-refractivity contribution in [2.24, 2.45) is 0 Å². The van der Waals surface area contributed by atoms with E-state index in [4.69, 9.17) is 0 Å². The molecular weight excluding hydrogens is 206 g/mol. The van der Waals surface area contributed by atoms with Gasteiger partial charge in [0.1, 0.15) is 0 Å². The second-order valence-electron chi connectivity index (χ2n) is 4.99. The zero-order valence-electron chi connectivity index (χ0n) is 11.1. The fraction of sp³-hybridized carbons (Fsp3) is 0.375. The molecule has 0 spiro atoms. The summed E-state index contributed by atoms with van der Waals surface area (Å²) in [6.45, 7) is 12.4. The predicted octanol–water partition coefficient (Wildman–Crippen LogP) is 3.97. The molecule has 90 valence electrons. The number of rotatable bonds is 2. The van der Waals surface area contributed by atoms with Crippen LogP contribution in [0.5, 0.6) is 0 Å². The van der Waals surface area contributed by atoms with Crippen LogP contribution in [0, 0.1) is 6.92 Å². The summed E-state index contributed by atoms with van der Waals surface area (Å²) in [6, 6.07) is 5.06. The first-order chi connectivity index (χ1) is 8.06. The van der Waals surface area contributed by atoms with Crippen molar-refractivity contribution < 1.29 is 0 Å². The molecule has 1 aliphatic rings. The third-order valence-corrected chi connectivity index (χ3v) is 3.88. The molecule has 17 heavy (non-hydrogen) atoms. The van der Waals surface area contributed by atoms with E-state index in [1.54, 1.807) is 0 Å². The molecule has 1 unspecified atom stereocenters. The lowest BCUT2D eigenvalue weighted by Crippen LogP contribution is -2.34. The number of hydrogen-bond acceptors (Lipinski definition) is 1. The van der Waals surface area contributed by atoms with Gasteiger partial charge in [-0.15, -0.1) is 0 Å². The van der Waals surface area contributed by atoms with Crippen molar-refractivity contribution in [2.45, 2.75) is 32.7 Å². The first kappa shape index (κ1) is 12.0. The monoisotopic (exact) mass is 227 g/mol. The average molecular weight is 227 g/mol. The molecule has 1 nitrogen and oxygen atoms in total. The Morgan fingerprint density at radius 2 is 2.18 bits per heavy atom. The Balaban J connectivity index is 2.66. The molecule has 0 saturated carbocycles. The van der Waals surface area contributed by atoms with E-state index in [1.807, 2.05) is 6.08 Å². The molecule has 0 radical (unpaired) electrons. The molecule has 0 N–H and O–H groups in total. The van der Waals surface area contributed by atoms with Gasteiger partial charge in [0.25, 0.3) is 0 Å². The minimum absolute atomic E-state index is 0.598. The molecule has 0 fully saturated rings. The number of aryl methyl sites for hydroxylation is 2. The zero-order chi connectivity index (χ0) is 12.6. The summed E-state index contributed by atoms with van der Waals surface area (Å²) < 4.78 is 0. The van der Waals surface area contributed by atoms with E-state index in [9.17, 15) is 0 Å². The SMILES string of the molecule is C=CC(=C)c1c(C)ccc2c1N(C)C(C)CC2. The highest BCUT2D eigenvalue weighted by Gasteiger charge is 2.23. The fourth-order valence-electron chi connectivity index (χ4n) is 2.63. The van der Waals surface area contributed by atoms with Crippen LogP contribution in [0.4, 0.5) is 5.69 Å².